The van der Waals surface area contributed by atoms with Crippen molar-refractivity contribution in [2.45, 2.75) is 180 Å². The molecule has 0 saturated carbocycles. The molecule has 0 fully saturated rings. The molecule has 1 N–H and O–H groups in total. The van der Waals surface area contributed by atoms with Crippen LogP contribution in [0, 0.1) is 0 Å². The molecule has 0 rings (SSSR count). The summed E-state index contributed by atoms with van der Waals surface area (Å²) in [5.41, 5.74) is 0. The summed E-state index contributed by atoms with van der Waals surface area (Å²) in [5.74, 6) is -0.236. The van der Waals surface area contributed by atoms with Gasteiger partial charge in [-0.15, -0.1) is 0 Å². The van der Waals surface area contributed by atoms with Gasteiger partial charge in [-0.1, -0.05) is 157 Å². The van der Waals surface area contributed by atoms with Gasteiger partial charge in [0.2, 0.25) is 0 Å². The third-order valence-corrected chi connectivity index (χ3v) is 8.27. The lowest BCUT2D eigenvalue weighted by atomic mass is 10.1. The van der Waals surface area contributed by atoms with Crippen molar-refractivity contribution >= 4 is 5.97 Å². The quantitative estimate of drug-likeness (QED) is 0.0410. The highest BCUT2D eigenvalue weighted by Crippen LogP contribution is 2.11. The number of ether oxygens (including phenoxy) is 2. The molecule has 0 aromatic rings. The van der Waals surface area contributed by atoms with E-state index in [2.05, 4.69) is 86.8 Å². The third-order valence-electron chi connectivity index (χ3n) is 8.27. The van der Waals surface area contributed by atoms with Crippen LogP contribution >= 0.6 is 0 Å². The molecule has 0 amide bonds. The number of aliphatic hydroxyl groups is 1. The van der Waals surface area contributed by atoms with Crippen LogP contribution in [0.15, 0.2) is 72.9 Å². The summed E-state index contributed by atoms with van der Waals surface area (Å²) < 4.78 is 11.1. The first-order valence-corrected chi connectivity index (χ1v) is 20.0. The molecule has 0 spiro atoms. The van der Waals surface area contributed by atoms with E-state index in [1.54, 1.807) is 0 Å². The van der Waals surface area contributed by atoms with Gasteiger partial charge in [-0.2, -0.15) is 0 Å². The van der Waals surface area contributed by atoms with Crippen molar-refractivity contribution in [2.24, 2.45) is 0 Å². The first-order valence-electron chi connectivity index (χ1n) is 20.0. The minimum Gasteiger partial charge on any atom is -0.457 e. The lowest BCUT2D eigenvalue weighted by Crippen LogP contribution is -2.27. The average Bonchev–Trinajstić information content (AvgIpc) is 3.09. The maximum absolute atomic E-state index is 12.2. The highest BCUT2D eigenvalue weighted by atomic mass is 16.6. The lowest BCUT2D eigenvalue weighted by molar-refractivity contribution is -0.154. The molecule has 0 aliphatic heterocycles. The van der Waals surface area contributed by atoms with Crippen LogP contribution in [0.5, 0.6) is 0 Å². The Morgan fingerprint density at radius 1 is 0.521 bits per heavy atom. The second-order valence-corrected chi connectivity index (χ2v) is 13.0. The number of aliphatic hydroxyl groups excluding tert-OH is 1. The number of rotatable bonds is 36. The van der Waals surface area contributed by atoms with E-state index < -0.39 is 6.10 Å². The van der Waals surface area contributed by atoms with Gasteiger partial charge in [0.15, 0.2) is 0 Å². The Morgan fingerprint density at radius 2 is 0.938 bits per heavy atom. The summed E-state index contributed by atoms with van der Waals surface area (Å²) in [6, 6.07) is 0. The van der Waals surface area contributed by atoms with Crippen LogP contribution in [0.25, 0.3) is 0 Å². The van der Waals surface area contributed by atoms with E-state index in [4.69, 9.17) is 9.47 Å². The monoisotopic (exact) mass is 669 g/mol. The highest BCUT2D eigenvalue weighted by molar-refractivity contribution is 5.69. The Hall–Kier alpha value is -2.17. The van der Waals surface area contributed by atoms with Crippen molar-refractivity contribution in [3.8, 4) is 0 Å². The molecule has 0 radical (unpaired) electrons. The number of esters is 1. The van der Waals surface area contributed by atoms with Crippen LogP contribution in [0.3, 0.4) is 0 Å². The molecular formula is C44H76O4. The van der Waals surface area contributed by atoms with Crippen molar-refractivity contribution < 1.29 is 19.4 Å². The zero-order valence-electron chi connectivity index (χ0n) is 31.5. The predicted octanol–water partition coefficient (Wildman–Crippen LogP) is 13.0. The minimum absolute atomic E-state index is 0.191. The minimum atomic E-state index is -0.558. The molecule has 4 nitrogen and oxygen atoms in total. The fraction of sp³-hybridized carbons (Fsp3) is 0.705. The van der Waals surface area contributed by atoms with Crippen molar-refractivity contribution in [1.29, 1.82) is 0 Å². The Labute approximate surface area is 297 Å². The van der Waals surface area contributed by atoms with Crippen LogP contribution in [-0.2, 0) is 14.3 Å². The normalized spacial score (nSPS) is 13.1. The van der Waals surface area contributed by atoms with Crippen LogP contribution in [0.2, 0.25) is 0 Å². The molecule has 48 heavy (non-hydrogen) atoms. The molecule has 0 aromatic carbocycles. The van der Waals surface area contributed by atoms with Crippen LogP contribution < -0.4 is 0 Å². The SMILES string of the molecule is CC/C=C\C/C=C\C/C=C\C/C=C\C/C=C\CCCCCC(=O)OC(CO)COCCCCCCCC/C=C\CCCCCCCCC. The van der Waals surface area contributed by atoms with Crippen molar-refractivity contribution in [3.63, 3.8) is 0 Å². The Bertz CT molecular complexity index is 835. The van der Waals surface area contributed by atoms with Gasteiger partial charge in [0.1, 0.15) is 6.10 Å². The van der Waals surface area contributed by atoms with Crippen molar-refractivity contribution in [1.82, 2.24) is 0 Å². The maximum atomic E-state index is 12.2. The topological polar surface area (TPSA) is 55.8 Å². The smallest absolute Gasteiger partial charge is 0.306 e. The number of allylic oxidation sites excluding steroid dienone is 12. The molecule has 1 atom stereocenters. The number of carbonyl (C=O) groups is 1. The van der Waals surface area contributed by atoms with Gasteiger partial charge >= 0.3 is 5.97 Å². The molecule has 0 bridgehead atoms. The number of carbonyl (C=O) groups excluding carboxylic acids is 1. The van der Waals surface area contributed by atoms with Gasteiger partial charge in [0.05, 0.1) is 13.2 Å². The average molecular weight is 669 g/mol. The van der Waals surface area contributed by atoms with Gasteiger partial charge in [-0.3, -0.25) is 4.79 Å². The van der Waals surface area contributed by atoms with Gasteiger partial charge in [-0.05, 0) is 83.5 Å². The van der Waals surface area contributed by atoms with E-state index in [1.807, 2.05) is 0 Å². The number of hydrogen-bond acceptors (Lipinski definition) is 4. The molecule has 0 saturated heterocycles. The van der Waals surface area contributed by atoms with Gasteiger partial charge < -0.3 is 14.6 Å². The molecule has 276 valence electrons. The van der Waals surface area contributed by atoms with Crippen molar-refractivity contribution in [2.75, 3.05) is 19.8 Å². The first-order chi connectivity index (χ1) is 23.7. The molecular weight excluding hydrogens is 592 g/mol. The lowest BCUT2D eigenvalue weighted by Gasteiger charge is -2.15. The van der Waals surface area contributed by atoms with E-state index in [9.17, 15) is 9.90 Å². The van der Waals surface area contributed by atoms with Gasteiger partial charge in [0.25, 0.3) is 0 Å². The highest BCUT2D eigenvalue weighted by Gasteiger charge is 2.13. The third kappa shape index (κ3) is 38.3. The molecule has 1 unspecified atom stereocenters. The fourth-order valence-electron chi connectivity index (χ4n) is 5.29. The van der Waals surface area contributed by atoms with Crippen LogP contribution in [-0.4, -0.2) is 37.0 Å². The van der Waals surface area contributed by atoms with Gasteiger partial charge in [0, 0.05) is 13.0 Å². The first kappa shape index (κ1) is 45.8. The summed E-state index contributed by atoms with van der Waals surface area (Å²) >= 11 is 0. The summed E-state index contributed by atoms with van der Waals surface area (Å²) in [7, 11) is 0. The van der Waals surface area contributed by atoms with Gasteiger partial charge in [-0.25, -0.2) is 0 Å². The second-order valence-electron chi connectivity index (χ2n) is 13.0. The zero-order chi connectivity index (χ0) is 34.9. The fourth-order valence-corrected chi connectivity index (χ4v) is 5.29. The van der Waals surface area contributed by atoms with E-state index >= 15 is 0 Å². The van der Waals surface area contributed by atoms with E-state index in [0.717, 1.165) is 70.6 Å². The predicted molar refractivity (Wildman–Crippen MR) is 209 cm³/mol. The molecule has 0 aliphatic carbocycles. The molecule has 4 heteroatoms. The zero-order valence-corrected chi connectivity index (χ0v) is 31.5. The summed E-state index contributed by atoms with van der Waals surface area (Å²) in [4.78, 5) is 12.2. The standard InChI is InChI=1S/C44H76O4/c1-3-5-7-9-11-13-15-17-19-21-22-23-25-27-29-31-33-35-37-39-44(46)48-43(41-45)42-47-40-38-36-34-32-30-28-26-24-20-18-16-14-12-10-8-6-4-2/h5,7,11,13,17,19-20,22-24,27,29,43,45H,3-4,6,8-10,12,14-16,18,21,25-26,28,30-42H2,1-2H3/b7-5-,13-11-,19-17-,23-22-,24-20-,29-27-. The maximum Gasteiger partial charge on any atom is 0.306 e. The van der Waals surface area contributed by atoms with E-state index in [-0.39, 0.29) is 19.2 Å². The van der Waals surface area contributed by atoms with E-state index in [0.29, 0.717) is 13.0 Å². The molecule has 0 aromatic heterocycles. The van der Waals surface area contributed by atoms with Crippen LogP contribution in [0.4, 0.5) is 0 Å². The van der Waals surface area contributed by atoms with Crippen molar-refractivity contribution in [3.05, 3.63) is 72.9 Å². The number of hydrogen-bond donors (Lipinski definition) is 1. The largest absolute Gasteiger partial charge is 0.457 e. The molecule has 0 aliphatic rings. The summed E-state index contributed by atoms with van der Waals surface area (Å²) in [6.07, 6.45) is 55.2. The Balaban J connectivity index is 3.55. The summed E-state index contributed by atoms with van der Waals surface area (Å²) in [5, 5.41) is 9.58. The van der Waals surface area contributed by atoms with E-state index in [1.165, 1.54) is 83.5 Å². The Kier molecular flexibility index (Phi) is 39.1. The van der Waals surface area contributed by atoms with Crippen LogP contribution in [0.1, 0.15) is 174 Å². The molecule has 0 heterocycles. The number of unbranched alkanes of at least 4 members (excludes halogenated alkanes) is 16. The second kappa shape index (κ2) is 41.0. The summed E-state index contributed by atoms with van der Waals surface area (Å²) in [6.45, 7) is 5.17. The Morgan fingerprint density at radius 3 is 1.44 bits per heavy atom.